The Kier molecular flexibility index (Phi) is 5.83. The van der Waals surface area contributed by atoms with E-state index in [0.717, 1.165) is 24.0 Å². The number of amidine groups is 1. The van der Waals surface area contributed by atoms with Crippen LogP contribution in [0.25, 0.3) is 0 Å². The number of ether oxygens (including phenoxy) is 1. The van der Waals surface area contributed by atoms with Crippen molar-refractivity contribution in [2.75, 3.05) is 0 Å². The maximum Gasteiger partial charge on any atom is 0.338 e. The molecule has 3 rings (SSSR count). The van der Waals surface area contributed by atoms with Gasteiger partial charge in [0.2, 0.25) is 0 Å². The van der Waals surface area contributed by atoms with Crippen molar-refractivity contribution in [2.24, 2.45) is 10.7 Å². The summed E-state index contributed by atoms with van der Waals surface area (Å²) in [5, 5.41) is 0. The highest BCUT2D eigenvalue weighted by Crippen LogP contribution is 2.20. The number of benzene rings is 2. The van der Waals surface area contributed by atoms with Crippen LogP contribution in [0, 0.1) is 0 Å². The minimum atomic E-state index is -0.335. The van der Waals surface area contributed by atoms with Gasteiger partial charge in [0, 0.05) is 5.56 Å². The number of nitrogens with two attached hydrogens (primary N) is 1. The van der Waals surface area contributed by atoms with Crippen LogP contribution in [0.1, 0.15) is 53.6 Å². The van der Waals surface area contributed by atoms with Crippen LogP contribution < -0.4 is 5.73 Å². The molecule has 4 nitrogen and oxygen atoms in total. The molecule has 0 bridgehead atoms. The monoisotopic (exact) mass is 336 g/mol. The Labute approximate surface area is 148 Å². The summed E-state index contributed by atoms with van der Waals surface area (Å²) >= 11 is 0. The third-order valence-corrected chi connectivity index (χ3v) is 4.53. The molecule has 25 heavy (non-hydrogen) atoms. The Bertz CT molecular complexity index is 717. The van der Waals surface area contributed by atoms with Gasteiger partial charge in [-0.3, -0.25) is 4.99 Å². The molecule has 0 spiro atoms. The fourth-order valence-electron chi connectivity index (χ4n) is 3.06. The van der Waals surface area contributed by atoms with E-state index in [-0.39, 0.29) is 12.6 Å². The number of esters is 1. The van der Waals surface area contributed by atoms with Gasteiger partial charge < -0.3 is 10.5 Å². The van der Waals surface area contributed by atoms with Crippen LogP contribution in [0.4, 0.5) is 0 Å². The molecule has 0 unspecified atom stereocenters. The second-order valence-electron chi connectivity index (χ2n) is 6.45. The first-order valence-corrected chi connectivity index (χ1v) is 8.87. The van der Waals surface area contributed by atoms with E-state index in [4.69, 9.17) is 10.5 Å². The van der Waals surface area contributed by atoms with E-state index in [2.05, 4.69) is 4.99 Å². The summed E-state index contributed by atoms with van der Waals surface area (Å²) in [4.78, 5) is 16.8. The molecular weight excluding hydrogens is 312 g/mol. The fraction of sp³-hybridized carbons (Fsp3) is 0.333. The summed E-state index contributed by atoms with van der Waals surface area (Å²) in [5.74, 6) is 0.217. The Morgan fingerprint density at radius 3 is 2.28 bits per heavy atom. The molecule has 1 aliphatic carbocycles. The van der Waals surface area contributed by atoms with Crippen LogP contribution in [0.3, 0.4) is 0 Å². The van der Waals surface area contributed by atoms with Gasteiger partial charge in [-0.2, -0.15) is 0 Å². The van der Waals surface area contributed by atoms with E-state index in [1.807, 2.05) is 42.5 Å². The molecule has 4 heteroatoms. The van der Waals surface area contributed by atoms with E-state index in [9.17, 15) is 4.79 Å². The summed E-state index contributed by atoms with van der Waals surface area (Å²) in [5.41, 5.74) is 8.46. The first-order chi connectivity index (χ1) is 12.2. The zero-order chi connectivity index (χ0) is 17.5. The number of aliphatic imine (C=N–C) groups is 1. The largest absolute Gasteiger partial charge is 0.457 e. The highest BCUT2D eigenvalue weighted by Gasteiger charge is 2.13. The van der Waals surface area contributed by atoms with Gasteiger partial charge in [-0.1, -0.05) is 61.7 Å². The van der Waals surface area contributed by atoms with Crippen molar-refractivity contribution in [3.05, 3.63) is 71.3 Å². The number of carbonyl (C=O) groups is 1. The lowest BCUT2D eigenvalue weighted by Gasteiger charge is -2.18. The molecule has 0 amide bonds. The number of carbonyl (C=O) groups excluding carboxylic acids is 1. The van der Waals surface area contributed by atoms with Crippen LogP contribution >= 0.6 is 0 Å². The Hall–Kier alpha value is -2.62. The Balaban J connectivity index is 1.59. The molecule has 0 aromatic heterocycles. The molecule has 2 aromatic carbocycles. The standard InChI is InChI=1S/C21H24N2O2/c22-20(23-19-9-5-2-6-10-19)17-11-13-18(14-12-17)21(24)25-15-16-7-3-1-4-8-16/h1,3-4,7-8,11-14,19H,2,5-6,9-10,15H2,(H2,22,23). The van der Waals surface area contributed by atoms with Gasteiger partial charge in [0.25, 0.3) is 0 Å². The summed E-state index contributed by atoms with van der Waals surface area (Å²) in [6, 6.07) is 17.1. The van der Waals surface area contributed by atoms with Gasteiger partial charge in [0.1, 0.15) is 12.4 Å². The molecule has 0 heterocycles. The zero-order valence-corrected chi connectivity index (χ0v) is 14.4. The molecule has 2 aromatic rings. The lowest BCUT2D eigenvalue weighted by Crippen LogP contribution is -2.19. The summed E-state index contributed by atoms with van der Waals surface area (Å²) < 4.78 is 5.34. The maximum absolute atomic E-state index is 12.1. The number of hydrogen-bond acceptors (Lipinski definition) is 3. The molecule has 0 radical (unpaired) electrons. The predicted octanol–water partition coefficient (Wildman–Crippen LogP) is 4.08. The van der Waals surface area contributed by atoms with Crippen LogP contribution in [-0.4, -0.2) is 17.8 Å². The van der Waals surface area contributed by atoms with Crippen LogP contribution in [-0.2, 0) is 11.3 Å². The van der Waals surface area contributed by atoms with Gasteiger partial charge in [-0.25, -0.2) is 4.79 Å². The highest BCUT2D eigenvalue weighted by molar-refractivity contribution is 5.98. The van der Waals surface area contributed by atoms with Crippen LogP contribution in [0.5, 0.6) is 0 Å². The van der Waals surface area contributed by atoms with E-state index in [1.165, 1.54) is 19.3 Å². The van der Waals surface area contributed by atoms with E-state index in [1.54, 1.807) is 12.1 Å². The van der Waals surface area contributed by atoms with Crippen molar-refractivity contribution < 1.29 is 9.53 Å². The summed E-state index contributed by atoms with van der Waals surface area (Å²) in [6.07, 6.45) is 5.99. The second kappa shape index (κ2) is 8.47. The lowest BCUT2D eigenvalue weighted by molar-refractivity contribution is 0.0472. The molecule has 0 aliphatic heterocycles. The first kappa shape index (κ1) is 17.2. The SMILES string of the molecule is NC(=NC1CCCCC1)c1ccc(C(=O)OCc2ccccc2)cc1. The van der Waals surface area contributed by atoms with Crippen molar-refractivity contribution in [3.63, 3.8) is 0 Å². The van der Waals surface area contributed by atoms with Crippen molar-refractivity contribution in [1.29, 1.82) is 0 Å². The average Bonchev–Trinajstić information content (AvgIpc) is 2.68. The predicted molar refractivity (Wildman–Crippen MR) is 99.6 cm³/mol. The van der Waals surface area contributed by atoms with Crippen LogP contribution in [0.2, 0.25) is 0 Å². The van der Waals surface area contributed by atoms with Gasteiger partial charge in [-0.05, 0) is 30.5 Å². The van der Waals surface area contributed by atoms with Gasteiger partial charge >= 0.3 is 5.97 Å². The summed E-state index contributed by atoms with van der Waals surface area (Å²) in [7, 11) is 0. The molecule has 0 atom stereocenters. The van der Waals surface area contributed by atoms with Gasteiger partial charge in [0.05, 0.1) is 11.6 Å². The number of rotatable bonds is 5. The number of nitrogens with zero attached hydrogens (tertiary/aromatic N) is 1. The molecule has 1 saturated carbocycles. The maximum atomic E-state index is 12.1. The lowest BCUT2D eigenvalue weighted by atomic mass is 9.96. The first-order valence-electron chi connectivity index (χ1n) is 8.87. The molecule has 0 saturated heterocycles. The Morgan fingerprint density at radius 1 is 0.960 bits per heavy atom. The molecule has 2 N–H and O–H groups in total. The van der Waals surface area contributed by atoms with E-state index < -0.39 is 0 Å². The highest BCUT2D eigenvalue weighted by atomic mass is 16.5. The van der Waals surface area contributed by atoms with Crippen molar-refractivity contribution in [3.8, 4) is 0 Å². The normalized spacial score (nSPS) is 15.8. The fourth-order valence-corrected chi connectivity index (χ4v) is 3.06. The van der Waals surface area contributed by atoms with Crippen molar-refractivity contribution in [2.45, 2.75) is 44.8 Å². The number of hydrogen-bond donors (Lipinski definition) is 1. The Morgan fingerprint density at radius 2 is 1.60 bits per heavy atom. The van der Waals surface area contributed by atoms with E-state index >= 15 is 0 Å². The minimum absolute atomic E-state index is 0.271. The quantitative estimate of drug-likeness (QED) is 0.508. The van der Waals surface area contributed by atoms with Crippen LogP contribution in [0.15, 0.2) is 59.6 Å². The van der Waals surface area contributed by atoms with Gasteiger partial charge in [-0.15, -0.1) is 0 Å². The van der Waals surface area contributed by atoms with Crippen molar-refractivity contribution in [1.82, 2.24) is 0 Å². The second-order valence-corrected chi connectivity index (χ2v) is 6.45. The molecule has 130 valence electrons. The van der Waals surface area contributed by atoms with Gasteiger partial charge in [0.15, 0.2) is 0 Å². The third kappa shape index (κ3) is 4.92. The molecular formula is C21H24N2O2. The van der Waals surface area contributed by atoms with E-state index in [0.29, 0.717) is 17.4 Å². The topological polar surface area (TPSA) is 64.7 Å². The van der Waals surface area contributed by atoms with Crippen molar-refractivity contribution >= 4 is 11.8 Å². The smallest absolute Gasteiger partial charge is 0.338 e. The molecule has 1 aliphatic rings. The minimum Gasteiger partial charge on any atom is -0.457 e. The molecule has 1 fully saturated rings. The average molecular weight is 336 g/mol. The summed E-state index contributed by atoms with van der Waals surface area (Å²) in [6.45, 7) is 0.271. The third-order valence-electron chi connectivity index (χ3n) is 4.53. The zero-order valence-electron chi connectivity index (χ0n) is 14.4.